The molecule has 0 aromatic rings. The van der Waals surface area contributed by atoms with Crippen molar-refractivity contribution in [1.82, 2.24) is 0 Å². The van der Waals surface area contributed by atoms with E-state index in [1.54, 1.807) is 6.92 Å². The average Bonchev–Trinajstić information content (AvgIpc) is 1.82. The van der Waals surface area contributed by atoms with Gasteiger partial charge in [0.1, 0.15) is 11.6 Å². The van der Waals surface area contributed by atoms with Crippen molar-refractivity contribution in [1.29, 1.82) is 5.26 Å². The maximum Gasteiger partial charge on any atom is 0.342 e. The third kappa shape index (κ3) is 2.60. The zero-order chi connectivity index (χ0) is 7.28. The van der Waals surface area contributed by atoms with E-state index in [0.29, 0.717) is 6.42 Å². The Morgan fingerprint density at radius 2 is 2.44 bits per heavy atom. The minimum Gasteiger partial charge on any atom is -0.255 e. The topological polar surface area (TPSA) is 40.9 Å². The van der Waals surface area contributed by atoms with Gasteiger partial charge in [-0.05, 0) is 6.42 Å². The summed E-state index contributed by atoms with van der Waals surface area (Å²) in [5.74, 6) is 0. The second-order valence-electron chi connectivity index (χ2n) is 1.41. The van der Waals surface area contributed by atoms with Crippen LogP contribution in [0.2, 0.25) is 0 Å². The number of hydrogen-bond donors (Lipinski definition) is 0. The second-order valence-corrected chi connectivity index (χ2v) is 1.41. The van der Waals surface area contributed by atoms with Gasteiger partial charge >= 0.3 is 6.04 Å². The Labute approximate surface area is 52.6 Å². The predicted molar refractivity (Wildman–Crippen MR) is 30.1 cm³/mol. The van der Waals surface area contributed by atoms with Crippen molar-refractivity contribution in [3.05, 3.63) is 11.6 Å². The fraction of sp³-hybridized carbons (Fsp3) is 0.333. The Morgan fingerprint density at radius 3 is 2.56 bits per heavy atom. The molecular formula is C6H6FNO. The molecular weight excluding hydrogens is 121 g/mol. The summed E-state index contributed by atoms with van der Waals surface area (Å²) >= 11 is 0. The number of nitriles is 1. The van der Waals surface area contributed by atoms with Crippen LogP contribution < -0.4 is 0 Å². The van der Waals surface area contributed by atoms with Crippen LogP contribution in [0.3, 0.4) is 0 Å². The zero-order valence-electron chi connectivity index (χ0n) is 5.02. The fourth-order valence-electron chi connectivity index (χ4n) is 0.374. The molecule has 0 saturated heterocycles. The third-order valence-corrected chi connectivity index (χ3v) is 0.740. The quantitative estimate of drug-likeness (QED) is 0.319. The SMILES string of the molecule is CC/C=C(\C#N)C(=O)F. The van der Waals surface area contributed by atoms with E-state index >= 15 is 0 Å². The Balaban J connectivity index is 4.20. The Kier molecular flexibility index (Phi) is 3.29. The summed E-state index contributed by atoms with van der Waals surface area (Å²) in [6.07, 6.45) is 1.75. The molecule has 0 bridgehead atoms. The highest BCUT2D eigenvalue weighted by Gasteiger charge is 2.03. The van der Waals surface area contributed by atoms with E-state index in [4.69, 9.17) is 5.26 Å². The summed E-state index contributed by atoms with van der Waals surface area (Å²) in [4.78, 5) is 9.81. The van der Waals surface area contributed by atoms with Crippen LogP contribution in [0, 0.1) is 11.3 Å². The van der Waals surface area contributed by atoms with E-state index in [1.165, 1.54) is 12.1 Å². The van der Waals surface area contributed by atoms with Crippen molar-refractivity contribution in [2.75, 3.05) is 0 Å². The summed E-state index contributed by atoms with van der Waals surface area (Å²) in [5, 5.41) is 8.05. The number of carbonyl (C=O) groups is 1. The normalized spacial score (nSPS) is 10.6. The summed E-state index contributed by atoms with van der Waals surface area (Å²) in [6, 6.07) is -0.214. The molecule has 0 aliphatic carbocycles. The van der Waals surface area contributed by atoms with Crippen molar-refractivity contribution in [2.45, 2.75) is 13.3 Å². The van der Waals surface area contributed by atoms with E-state index in [-0.39, 0.29) is 0 Å². The Bertz CT molecular complexity index is 178. The minimum absolute atomic E-state index is 0.405. The van der Waals surface area contributed by atoms with Crippen LogP contribution in [-0.4, -0.2) is 6.04 Å². The van der Waals surface area contributed by atoms with Gasteiger partial charge in [0, 0.05) is 0 Å². The molecule has 3 heteroatoms. The molecule has 0 aliphatic heterocycles. The van der Waals surface area contributed by atoms with Gasteiger partial charge in [0.2, 0.25) is 0 Å². The molecule has 0 aromatic carbocycles. The van der Waals surface area contributed by atoms with Gasteiger partial charge in [-0.25, -0.2) is 0 Å². The Hall–Kier alpha value is -1.17. The lowest BCUT2D eigenvalue weighted by atomic mass is 10.2. The van der Waals surface area contributed by atoms with Gasteiger partial charge in [-0.3, -0.25) is 4.79 Å². The van der Waals surface area contributed by atoms with Crippen molar-refractivity contribution >= 4 is 6.04 Å². The van der Waals surface area contributed by atoms with Gasteiger partial charge in [0.25, 0.3) is 0 Å². The van der Waals surface area contributed by atoms with Crippen LogP contribution in [0.15, 0.2) is 11.6 Å². The molecule has 48 valence electrons. The fourth-order valence-corrected chi connectivity index (χ4v) is 0.374. The van der Waals surface area contributed by atoms with Gasteiger partial charge in [0.15, 0.2) is 0 Å². The molecule has 0 fully saturated rings. The molecule has 9 heavy (non-hydrogen) atoms. The largest absolute Gasteiger partial charge is 0.342 e. The first-order valence-corrected chi connectivity index (χ1v) is 2.52. The van der Waals surface area contributed by atoms with E-state index in [2.05, 4.69) is 0 Å². The average molecular weight is 127 g/mol. The third-order valence-electron chi connectivity index (χ3n) is 0.740. The first-order valence-electron chi connectivity index (χ1n) is 2.52. The van der Waals surface area contributed by atoms with Crippen molar-refractivity contribution in [3.8, 4) is 6.07 Å². The minimum atomic E-state index is -1.65. The van der Waals surface area contributed by atoms with Gasteiger partial charge in [0.05, 0.1) is 0 Å². The lowest BCUT2D eigenvalue weighted by Crippen LogP contribution is -1.89. The van der Waals surface area contributed by atoms with Crippen LogP contribution in [0.25, 0.3) is 0 Å². The molecule has 0 aromatic heterocycles. The number of nitrogens with zero attached hydrogens (tertiary/aromatic N) is 1. The van der Waals surface area contributed by atoms with Crippen LogP contribution >= 0.6 is 0 Å². The monoisotopic (exact) mass is 127 g/mol. The first-order chi connectivity index (χ1) is 4.22. The first kappa shape index (κ1) is 7.83. The van der Waals surface area contributed by atoms with Crippen LogP contribution in [-0.2, 0) is 4.79 Å². The molecule has 0 heterocycles. The molecule has 0 rings (SSSR count). The van der Waals surface area contributed by atoms with Crippen molar-refractivity contribution in [2.24, 2.45) is 0 Å². The lowest BCUT2D eigenvalue weighted by Gasteiger charge is -1.81. The highest BCUT2D eigenvalue weighted by atomic mass is 19.1. The van der Waals surface area contributed by atoms with E-state index in [0.717, 1.165) is 0 Å². The molecule has 0 atom stereocenters. The van der Waals surface area contributed by atoms with Crippen LogP contribution in [0.5, 0.6) is 0 Å². The molecule has 0 N–H and O–H groups in total. The summed E-state index contributed by atoms with van der Waals surface area (Å²) in [6.45, 7) is 1.72. The molecule has 0 saturated carbocycles. The van der Waals surface area contributed by atoms with Crippen molar-refractivity contribution in [3.63, 3.8) is 0 Å². The van der Waals surface area contributed by atoms with Gasteiger partial charge in [-0.1, -0.05) is 13.0 Å². The summed E-state index contributed by atoms with van der Waals surface area (Å²) < 4.78 is 11.6. The highest BCUT2D eigenvalue weighted by molar-refractivity contribution is 5.91. The standard InChI is InChI=1S/C6H6FNO/c1-2-3-5(4-8)6(7)9/h3H,2H2,1H3/b5-3+. The number of halogens is 1. The predicted octanol–water partition coefficient (Wildman–Crippen LogP) is 1.34. The number of carbonyl (C=O) groups excluding carboxylic acids is 1. The molecule has 0 spiro atoms. The summed E-state index contributed by atoms with van der Waals surface area (Å²) in [7, 11) is 0. The van der Waals surface area contributed by atoms with E-state index < -0.39 is 11.6 Å². The lowest BCUT2D eigenvalue weighted by molar-refractivity contribution is -0.124. The smallest absolute Gasteiger partial charge is 0.255 e. The number of rotatable bonds is 2. The van der Waals surface area contributed by atoms with Crippen LogP contribution in [0.1, 0.15) is 13.3 Å². The number of allylic oxidation sites excluding steroid dienone is 2. The second kappa shape index (κ2) is 3.79. The Morgan fingerprint density at radius 1 is 1.89 bits per heavy atom. The molecule has 0 unspecified atom stereocenters. The van der Waals surface area contributed by atoms with Crippen molar-refractivity contribution < 1.29 is 9.18 Å². The van der Waals surface area contributed by atoms with E-state index in [1.807, 2.05) is 0 Å². The van der Waals surface area contributed by atoms with Gasteiger partial charge in [-0.2, -0.15) is 9.65 Å². The summed E-state index contributed by atoms with van der Waals surface area (Å²) in [5.41, 5.74) is -0.405. The molecule has 0 radical (unpaired) electrons. The maximum atomic E-state index is 11.6. The number of hydrogen-bond acceptors (Lipinski definition) is 2. The maximum absolute atomic E-state index is 11.6. The molecule has 0 aliphatic rings. The highest BCUT2D eigenvalue weighted by Crippen LogP contribution is 1.96. The zero-order valence-corrected chi connectivity index (χ0v) is 5.02. The van der Waals surface area contributed by atoms with Crippen LogP contribution in [0.4, 0.5) is 4.39 Å². The van der Waals surface area contributed by atoms with Gasteiger partial charge in [-0.15, -0.1) is 0 Å². The van der Waals surface area contributed by atoms with E-state index in [9.17, 15) is 9.18 Å². The molecule has 2 nitrogen and oxygen atoms in total. The molecule has 0 amide bonds. The van der Waals surface area contributed by atoms with Gasteiger partial charge < -0.3 is 0 Å².